The van der Waals surface area contributed by atoms with Gasteiger partial charge in [-0.1, -0.05) is 0 Å². The van der Waals surface area contributed by atoms with Crippen LogP contribution in [0.3, 0.4) is 0 Å². The minimum Gasteiger partial charge on any atom is -0.497 e. The Kier molecular flexibility index (Phi) is 3.21. The number of fused-ring (bicyclic) bond motifs is 1. The second kappa shape index (κ2) is 5.00. The molecule has 2 aromatic rings. The van der Waals surface area contributed by atoms with Gasteiger partial charge in [-0.25, -0.2) is 0 Å². The quantitative estimate of drug-likeness (QED) is 0.854. The number of methoxy groups -OCH3 is 1. The molecule has 0 amide bonds. The highest BCUT2D eigenvalue weighted by molar-refractivity contribution is 5.85. The van der Waals surface area contributed by atoms with Crippen LogP contribution in [0, 0.1) is 0 Å². The lowest BCUT2D eigenvalue weighted by atomic mass is 10.1. The maximum Gasteiger partial charge on any atom is 0.120 e. The van der Waals surface area contributed by atoms with Gasteiger partial charge in [-0.2, -0.15) is 0 Å². The van der Waals surface area contributed by atoms with E-state index < -0.39 is 0 Å². The van der Waals surface area contributed by atoms with E-state index in [-0.39, 0.29) is 6.04 Å². The zero-order chi connectivity index (χ0) is 12.4. The van der Waals surface area contributed by atoms with Gasteiger partial charge in [0.1, 0.15) is 5.75 Å². The van der Waals surface area contributed by atoms with Crippen LogP contribution in [0.4, 0.5) is 0 Å². The van der Waals surface area contributed by atoms with Crippen LogP contribution in [-0.4, -0.2) is 31.9 Å². The Morgan fingerprint density at radius 1 is 1.39 bits per heavy atom. The van der Waals surface area contributed by atoms with Crippen LogP contribution in [0.15, 0.2) is 24.4 Å². The Labute approximate surface area is 106 Å². The first-order chi connectivity index (χ1) is 8.88. The Hall–Kier alpha value is -1.52. The van der Waals surface area contributed by atoms with Gasteiger partial charge in [0.05, 0.1) is 19.8 Å². The molecule has 1 aromatic heterocycles. The third-order valence-corrected chi connectivity index (χ3v) is 3.44. The Bertz CT molecular complexity index is 528. The zero-order valence-corrected chi connectivity index (χ0v) is 10.5. The fourth-order valence-electron chi connectivity index (χ4n) is 2.45. The summed E-state index contributed by atoms with van der Waals surface area (Å²) in [4.78, 5) is 3.31. The molecule has 18 heavy (non-hydrogen) atoms. The van der Waals surface area contributed by atoms with E-state index in [0.29, 0.717) is 0 Å². The molecule has 1 unspecified atom stereocenters. The highest BCUT2D eigenvalue weighted by atomic mass is 16.5. The van der Waals surface area contributed by atoms with E-state index in [1.54, 1.807) is 7.11 Å². The molecular formula is C14H18N2O2. The van der Waals surface area contributed by atoms with Gasteiger partial charge < -0.3 is 19.8 Å². The number of ether oxygens (including phenoxy) is 2. The van der Waals surface area contributed by atoms with Gasteiger partial charge in [0, 0.05) is 29.8 Å². The van der Waals surface area contributed by atoms with Crippen molar-refractivity contribution in [2.24, 2.45) is 0 Å². The van der Waals surface area contributed by atoms with Crippen LogP contribution in [-0.2, 0) is 4.74 Å². The van der Waals surface area contributed by atoms with Crippen molar-refractivity contribution >= 4 is 10.9 Å². The number of aromatic amines is 1. The second-order valence-electron chi connectivity index (χ2n) is 4.59. The summed E-state index contributed by atoms with van der Waals surface area (Å²) in [6.07, 6.45) is 3.14. The summed E-state index contributed by atoms with van der Waals surface area (Å²) >= 11 is 0. The van der Waals surface area contributed by atoms with Crippen LogP contribution in [0.1, 0.15) is 18.0 Å². The van der Waals surface area contributed by atoms with Gasteiger partial charge in [0.15, 0.2) is 0 Å². The Balaban J connectivity index is 1.96. The molecule has 1 aliphatic heterocycles. The number of benzene rings is 1. The molecule has 2 heterocycles. The number of nitrogens with one attached hydrogen (secondary N) is 2. The third-order valence-electron chi connectivity index (χ3n) is 3.44. The zero-order valence-electron chi connectivity index (χ0n) is 10.5. The minimum absolute atomic E-state index is 0.273. The molecule has 96 valence electrons. The molecule has 1 aromatic carbocycles. The third kappa shape index (κ3) is 2.09. The van der Waals surface area contributed by atoms with E-state index in [4.69, 9.17) is 9.47 Å². The lowest BCUT2D eigenvalue weighted by Gasteiger charge is -2.14. The first-order valence-electron chi connectivity index (χ1n) is 6.34. The predicted molar refractivity (Wildman–Crippen MR) is 71.0 cm³/mol. The van der Waals surface area contributed by atoms with Gasteiger partial charge >= 0.3 is 0 Å². The van der Waals surface area contributed by atoms with Crippen LogP contribution in [0.25, 0.3) is 10.9 Å². The van der Waals surface area contributed by atoms with Gasteiger partial charge in [0.25, 0.3) is 0 Å². The van der Waals surface area contributed by atoms with Crippen LogP contribution in [0.5, 0.6) is 5.75 Å². The van der Waals surface area contributed by atoms with E-state index >= 15 is 0 Å². The van der Waals surface area contributed by atoms with Crippen molar-refractivity contribution in [3.05, 3.63) is 30.0 Å². The number of H-pyrrole nitrogens is 1. The van der Waals surface area contributed by atoms with Crippen molar-refractivity contribution in [2.75, 3.05) is 26.9 Å². The lowest BCUT2D eigenvalue weighted by Crippen LogP contribution is -2.23. The fourth-order valence-corrected chi connectivity index (χ4v) is 2.45. The van der Waals surface area contributed by atoms with Crippen molar-refractivity contribution in [3.63, 3.8) is 0 Å². The number of hydrogen-bond acceptors (Lipinski definition) is 3. The monoisotopic (exact) mass is 246 g/mol. The molecule has 4 nitrogen and oxygen atoms in total. The summed E-state index contributed by atoms with van der Waals surface area (Å²) in [6, 6.07) is 6.40. The molecule has 0 saturated carbocycles. The molecule has 0 bridgehead atoms. The van der Waals surface area contributed by atoms with Crippen LogP contribution >= 0.6 is 0 Å². The summed E-state index contributed by atoms with van der Waals surface area (Å²) in [7, 11) is 1.69. The van der Waals surface area contributed by atoms with E-state index in [0.717, 1.165) is 37.4 Å². The predicted octanol–water partition coefficient (Wildman–Crippen LogP) is 2.23. The highest BCUT2D eigenvalue weighted by Crippen LogP contribution is 2.28. The van der Waals surface area contributed by atoms with Crippen LogP contribution in [0.2, 0.25) is 0 Å². The van der Waals surface area contributed by atoms with E-state index in [9.17, 15) is 0 Å². The molecule has 1 fully saturated rings. The van der Waals surface area contributed by atoms with Gasteiger partial charge in [-0.15, -0.1) is 0 Å². The van der Waals surface area contributed by atoms with E-state index in [2.05, 4.69) is 22.6 Å². The summed E-state index contributed by atoms with van der Waals surface area (Å²) in [5, 5.41) is 4.76. The Morgan fingerprint density at radius 2 is 2.33 bits per heavy atom. The first kappa shape index (κ1) is 11.6. The molecule has 2 N–H and O–H groups in total. The molecular weight excluding hydrogens is 228 g/mol. The van der Waals surface area contributed by atoms with Crippen molar-refractivity contribution < 1.29 is 9.47 Å². The summed E-state index contributed by atoms with van der Waals surface area (Å²) < 4.78 is 10.9. The lowest BCUT2D eigenvalue weighted by molar-refractivity contribution is 0.132. The Morgan fingerprint density at radius 3 is 3.22 bits per heavy atom. The van der Waals surface area contributed by atoms with Crippen molar-refractivity contribution in [1.82, 2.24) is 10.3 Å². The number of aromatic nitrogens is 1. The largest absolute Gasteiger partial charge is 0.497 e. The molecule has 1 aliphatic rings. The average Bonchev–Trinajstić information content (AvgIpc) is 2.64. The summed E-state index contributed by atoms with van der Waals surface area (Å²) in [5.74, 6) is 0.876. The van der Waals surface area contributed by atoms with Crippen molar-refractivity contribution in [2.45, 2.75) is 12.5 Å². The minimum atomic E-state index is 0.273. The maximum absolute atomic E-state index is 5.62. The normalized spacial score (nSPS) is 20.8. The van der Waals surface area contributed by atoms with E-state index in [1.165, 1.54) is 10.9 Å². The molecule has 1 atom stereocenters. The smallest absolute Gasteiger partial charge is 0.120 e. The molecule has 3 rings (SSSR count). The average molecular weight is 246 g/mol. The van der Waals surface area contributed by atoms with Crippen molar-refractivity contribution in [1.29, 1.82) is 0 Å². The summed E-state index contributed by atoms with van der Waals surface area (Å²) in [6.45, 7) is 2.59. The maximum atomic E-state index is 5.62. The van der Waals surface area contributed by atoms with Crippen LogP contribution < -0.4 is 10.1 Å². The molecule has 0 spiro atoms. The second-order valence-corrected chi connectivity index (χ2v) is 4.59. The molecule has 1 saturated heterocycles. The SMILES string of the molecule is COc1ccc2c(C3COCCCN3)c[nH]c2c1. The van der Waals surface area contributed by atoms with E-state index in [1.807, 2.05) is 12.1 Å². The van der Waals surface area contributed by atoms with Gasteiger partial charge in [-0.05, 0) is 30.7 Å². The molecule has 4 heteroatoms. The topological polar surface area (TPSA) is 46.3 Å². The standard InChI is InChI=1S/C14H18N2O2/c1-17-10-3-4-11-12(8-16-13(11)7-10)14-9-18-6-2-5-15-14/h3-4,7-8,14-16H,2,5-6,9H2,1H3. The van der Waals surface area contributed by atoms with Gasteiger partial charge in [0.2, 0.25) is 0 Å². The fraction of sp³-hybridized carbons (Fsp3) is 0.429. The number of hydrogen-bond donors (Lipinski definition) is 2. The summed E-state index contributed by atoms with van der Waals surface area (Å²) in [5.41, 5.74) is 2.38. The first-order valence-corrected chi connectivity index (χ1v) is 6.34. The van der Waals surface area contributed by atoms with Crippen molar-refractivity contribution in [3.8, 4) is 5.75 Å². The van der Waals surface area contributed by atoms with Gasteiger partial charge in [-0.3, -0.25) is 0 Å². The molecule has 0 aliphatic carbocycles. The number of rotatable bonds is 2. The highest BCUT2D eigenvalue weighted by Gasteiger charge is 2.17. The molecule has 0 radical (unpaired) electrons.